The van der Waals surface area contributed by atoms with Crippen molar-refractivity contribution < 1.29 is 20.1 Å². The number of carbonyl (C=O) groups excluding carboxylic acids is 1. The highest BCUT2D eigenvalue weighted by Crippen LogP contribution is 2.59. The second-order valence-electron chi connectivity index (χ2n) is 11.4. The smallest absolute Gasteiger partial charge is 0.136 e. The monoisotopic (exact) mass is 430 g/mol. The summed E-state index contributed by atoms with van der Waals surface area (Å²) in [6.07, 6.45) is 10.6. The largest absolute Gasteiger partial charge is 0.393 e. The van der Waals surface area contributed by atoms with E-state index in [9.17, 15) is 20.1 Å². The SMILES string of the molecule is C=C1C(=CC=C2CCCC3(C)C2CCC3C(C)CC(=O)CC(C)(C)O)CC(O)CC1O. The van der Waals surface area contributed by atoms with Crippen molar-refractivity contribution in [3.8, 4) is 0 Å². The lowest BCUT2D eigenvalue weighted by molar-refractivity contribution is -0.124. The molecule has 3 rings (SSSR count). The third-order valence-electron chi connectivity index (χ3n) is 8.17. The summed E-state index contributed by atoms with van der Waals surface area (Å²) in [6, 6.07) is 0. The van der Waals surface area contributed by atoms with E-state index in [-0.39, 0.29) is 17.6 Å². The zero-order valence-electron chi connectivity index (χ0n) is 19.9. The number of allylic oxidation sites excluding steroid dienone is 3. The van der Waals surface area contributed by atoms with Crippen LogP contribution in [0.2, 0.25) is 0 Å². The van der Waals surface area contributed by atoms with Gasteiger partial charge in [0, 0.05) is 19.3 Å². The molecule has 0 aromatic rings. The normalized spacial score (nSPS) is 37.8. The molecular weight excluding hydrogens is 388 g/mol. The van der Waals surface area contributed by atoms with Gasteiger partial charge in [0.25, 0.3) is 0 Å². The topological polar surface area (TPSA) is 77.8 Å². The van der Waals surface area contributed by atoms with E-state index in [0.29, 0.717) is 37.0 Å². The molecule has 0 spiro atoms. The molecule has 0 heterocycles. The van der Waals surface area contributed by atoms with Gasteiger partial charge in [0.1, 0.15) is 5.78 Å². The number of hydrogen-bond donors (Lipinski definition) is 3. The summed E-state index contributed by atoms with van der Waals surface area (Å²) in [4.78, 5) is 12.5. The van der Waals surface area contributed by atoms with Gasteiger partial charge >= 0.3 is 0 Å². The Morgan fingerprint density at radius 3 is 2.68 bits per heavy atom. The van der Waals surface area contributed by atoms with Gasteiger partial charge in [0.05, 0.1) is 17.8 Å². The molecule has 3 aliphatic rings. The first-order chi connectivity index (χ1) is 14.4. The number of fused-ring (bicyclic) bond motifs is 1. The highest BCUT2D eigenvalue weighted by atomic mass is 16.3. The number of hydrogen-bond acceptors (Lipinski definition) is 4. The molecule has 0 aromatic heterocycles. The molecule has 4 heteroatoms. The minimum absolute atomic E-state index is 0.163. The van der Waals surface area contributed by atoms with E-state index in [1.54, 1.807) is 13.8 Å². The van der Waals surface area contributed by atoms with Crippen LogP contribution < -0.4 is 0 Å². The van der Waals surface area contributed by atoms with Gasteiger partial charge in [0.15, 0.2) is 0 Å². The van der Waals surface area contributed by atoms with Crippen molar-refractivity contribution in [3.05, 3.63) is 35.5 Å². The molecular formula is C27H42O4. The molecule has 0 aliphatic heterocycles. The molecule has 174 valence electrons. The molecule has 4 nitrogen and oxygen atoms in total. The van der Waals surface area contributed by atoms with Crippen molar-refractivity contribution in [2.75, 3.05) is 0 Å². The van der Waals surface area contributed by atoms with Gasteiger partial charge in [-0.15, -0.1) is 0 Å². The van der Waals surface area contributed by atoms with E-state index in [1.807, 2.05) is 0 Å². The molecule has 3 fully saturated rings. The molecule has 3 saturated carbocycles. The van der Waals surface area contributed by atoms with Crippen LogP contribution in [0.3, 0.4) is 0 Å². The average molecular weight is 431 g/mol. The number of aliphatic hydroxyl groups is 3. The average Bonchev–Trinajstić information content (AvgIpc) is 2.99. The number of ketones is 1. The molecule has 0 amide bonds. The van der Waals surface area contributed by atoms with Crippen LogP contribution in [-0.2, 0) is 4.79 Å². The van der Waals surface area contributed by atoms with Crippen LogP contribution in [0.15, 0.2) is 35.5 Å². The summed E-state index contributed by atoms with van der Waals surface area (Å²) >= 11 is 0. The van der Waals surface area contributed by atoms with Crippen LogP contribution in [0, 0.1) is 23.2 Å². The number of carbonyl (C=O) groups is 1. The predicted molar refractivity (Wildman–Crippen MR) is 124 cm³/mol. The van der Waals surface area contributed by atoms with Gasteiger partial charge in [-0.05, 0) is 86.7 Å². The Hall–Kier alpha value is -1.23. The second kappa shape index (κ2) is 9.33. The minimum Gasteiger partial charge on any atom is -0.393 e. The Morgan fingerprint density at radius 2 is 2.00 bits per heavy atom. The molecule has 3 N–H and O–H groups in total. The first-order valence-electron chi connectivity index (χ1n) is 12.1. The van der Waals surface area contributed by atoms with Crippen LogP contribution in [0.25, 0.3) is 0 Å². The summed E-state index contributed by atoms with van der Waals surface area (Å²) in [5, 5.41) is 30.1. The molecule has 6 atom stereocenters. The Kier molecular flexibility index (Phi) is 7.35. The van der Waals surface area contributed by atoms with Crippen LogP contribution in [0.5, 0.6) is 0 Å². The maximum Gasteiger partial charge on any atom is 0.136 e. The first kappa shape index (κ1) is 24.4. The summed E-state index contributed by atoms with van der Waals surface area (Å²) < 4.78 is 0. The maximum absolute atomic E-state index is 12.5. The maximum atomic E-state index is 12.5. The quantitative estimate of drug-likeness (QED) is 0.561. The summed E-state index contributed by atoms with van der Waals surface area (Å²) in [5.74, 6) is 1.54. The van der Waals surface area contributed by atoms with Gasteiger partial charge in [-0.2, -0.15) is 0 Å². The Bertz CT molecular complexity index is 756. The summed E-state index contributed by atoms with van der Waals surface area (Å²) in [6.45, 7) is 12.1. The lowest BCUT2D eigenvalue weighted by Gasteiger charge is -2.44. The number of aliphatic hydroxyl groups excluding tert-OH is 2. The molecule has 6 unspecified atom stereocenters. The van der Waals surface area contributed by atoms with Crippen molar-refractivity contribution in [2.24, 2.45) is 23.2 Å². The fourth-order valence-electron chi connectivity index (χ4n) is 6.74. The molecule has 31 heavy (non-hydrogen) atoms. The fourth-order valence-corrected chi connectivity index (χ4v) is 6.74. The van der Waals surface area contributed by atoms with Gasteiger partial charge in [0.2, 0.25) is 0 Å². The van der Waals surface area contributed by atoms with E-state index in [0.717, 1.165) is 36.8 Å². The van der Waals surface area contributed by atoms with Crippen LogP contribution in [0.1, 0.15) is 85.5 Å². The molecule has 0 radical (unpaired) electrons. The zero-order chi connectivity index (χ0) is 23.0. The highest BCUT2D eigenvalue weighted by Gasteiger charge is 2.50. The van der Waals surface area contributed by atoms with Gasteiger partial charge < -0.3 is 15.3 Å². The number of rotatable bonds is 6. The zero-order valence-corrected chi connectivity index (χ0v) is 19.9. The second-order valence-corrected chi connectivity index (χ2v) is 11.4. The van der Waals surface area contributed by atoms with Crippen molar-refractivity contribution in [2.45, 2.75) is 103 Å². The van der Waals surface area contributed by atoms with Crippen molar-refractivity contribution in [1.29, 1.82) is 0 Å². The third-order valence-corrected chi connectivity index (χ3v) is 8.17. The molecule has 0 aromatic carbocycles. The van der Waals surface area contributed by atoms with Crippen LogP contribution in [0.4, 0.5) is 0 Å². The highest BCUT2D eigenvalue weighted by molar-refractivity contribution is 5.79. The van der Waals surface area contributed by atoms with E-state index < -0.39 is 17.8 Å². The van der Waals surface area contributed by atoms with E-state index >= 15 is 0 Å². The lowest BCUT2D eigenvalue weighted by Crippen LogP contribution is -2.36. The molecule has 3 aliphatic carbocycles. The summed E-state index contributed by atoms with van der Waals surface area (Å²) in [5.41, 5.74) is 2.45. The van der Waals surface area contributed by atoms with Crippen molar-refractivity contribution in [1.82, 2.24) is 0 Å². The number of Topliss-reactive ketones (excluding diaryl/α,β-unsaturated/α-hetero) is 1. The van der Waals surface area contributed by atoms with Gasteiger partial charge in [-0.25, -0.2) is 0 Å². The minimum atomic E-state index is -0.933. The van der Waals surface area contributed by atoms with Crippen molar-refractivity contribution >= 4 is 5.78 Å². The van der Waals surface area contributed by atoms with Crippen molar-refractivity contribution in [3.63, 3.8) is 0 Å². The van der Waals surface area contributed by atoms with Gasteiger partial charge in [-0.1, -0.05) is 38.2 Å². The Labute approximate surface area is 188 Å². The Balaban J connectivity index is 1.73. The van der Waals surface area contributed by atoms with Crippen LogP contribution >= 0.6 is 0 Å². The predicted octanol–water partition coefficient (Wildman–Crippen LogP) is 4.88. The Morgan fingerprint density at radius 1 is 1.29 bits per heavy atom. The van der Waals surface area contributed by atoms with E-state index in [2.05, 4.69) is 32.6 Å². The van der Waals surface area contributed by atoms with Gasteiger partial charge in [-0.3, -0.25) is 4.79 Å². The first-order valence-corrected chi connectivity index (χ1v) is 12.1. The van der Waals surface area contributed by atoms with E-state index in [4.69, 9.17) is 0 Å². The fraction of sp³-hybridized carbons (Fsp3) is 0.741. The molecule has 0 bridgehead atoms. The standard InChI is InChI=1S/C27H42O4/c1-17(13-22(29)16-26(3,4)31)23-10-11-24-19(7-6-12-27(23,24)5)8-9-20-14-21(28)15-25(30)18(20)2/h8-9,17,21,23-25,28,30-31H,2,6-7,10-16H2,1,3-5H3. The molecule has 0 saturated heterocycles. The lowest BCUT2D eigenvalue weighted by atomic mass is 9.60. The van der Waals surface area contributed by atoms with Crippen LogP contribution in [-0.4, -0.2) is 38.9 Å². The third kappa shape index (κ3) is 5.58. The summed E-state index contributed by atoms with van der Waals surface area (Å²) in [7, 11) is 0. The van der Waals surface area contributed by atoms with E-state index in [1.165, 1.54) is 12.0 Å².